The van der Waals surface area contributed by atoms with Crippen molar-refractivity contribution in [3.63, 3.8) is 0 Å². The molecule has 2 aromatic rings. The van der Waals surface area contributed by atoms with E-state index in [2.05, 4.69) is 33.9 Å². The summed E-state index contributed by atoms with van der Waals surface area (Å²) in [4.78, 5) is 65.5. The van der Waals surface area contributed by atoms with Gasteiger partial charge in [0.1, 0.15) is 41.7 Å². The second kappa shape index (κ2) is 16.4. The highest BCUT2D eigenvalue weighted by molar-refractivity contribution is 7.91. The number of fused-ring (bicyclic) bond motifs is 5. The lowest BCUT2D eigenvalue weighted by Gasteiger charge is -2.35. The smallest absolute Gasteiger partial charge is 0.408 e. The van der Waals surface area contributed by atoms with Gasteiger partial charge in [-0.25, -0.2) is 18.2 Å². The van der Waals surface area contributed by atoms with Gasteiger partial charge in [-0.15, -0.1) is 6.58 Å². The van der Waals surface area contributed by atoms with Crippen molar-refractivity contribution >= 4 is 44.7 Å². The van der Waals surface area contributed by atoms with E-state index in [-0.39, 0.29) is 37.5 Å². The average Bonchev–Trinajstić information content (AvgIpc) is 4.17. The van der Waals surface area contributed by atoms with Crippen LogP contribution in [0.4, 0.5) is 4.79 Å². The summed E-state index contributed by atoms with van der Waals surface area (Å²) in [5.74, 6) is -1.13. The highest BCUT2D eigenvalue weighted by Gasteiger charge is 2.63. The van der Waals surface area contributed by atoms with Gasteiger partial charge in [0.05, 0.1) is 22.4 Å². The molecule has 2 bridgehead atoms. The molecule has 1 aromatic carbocycles. The molecular formula is C45H62N6O9S. The van der Waals surface area contributed by atoms with Gasteiger partial charge < -0.3 is 34.6 Å². The van der Waals surface area contributed by atoms with Gasteiger partial charge in [-0.1, -0.05) is 51.8 Å². The molecule has 332 valence electrons. The molecule has 15 nitrogen and oxygen atoms in total. The molecule has 0 radical (unpaired) electrons. The van der Waals surface area contributed by atoms with Crippen LogP contribution >= 0.6 is 0 Å². The molecule has 7 atom stereocenters. The summed E-state index contributed by atoms with van der Waals surface area (Å²) in [6.07, 6.45) is 7.76. The first-order valence-corrected chi connectivity index (χ1v) is 23.6. The number of alkyl carbamates (subject to hydrolysis) is 1. The molecule has 1 unspecified atom stereocenters. The van der Waals surface area contributed by atoms with E-state index >= 15 is 0 Å². The number of likely N-dealkylation sites (tertiary alicyclic amines) is 1. The first-order valence-electron chi connectivity index (χ1n) is 22.1. The van der Waals surface area contributed by atoms with Crippen LogP contribution in [0.15, 0.2) is 36.9 Å². The fourth-order valence-electron chi connectivity index (χ4n) is 9.23. The molecule has 4 amide bonds. The molecule has 3 aliphatic heterocycles. The number of amides is 4. The molecule has 2 saturated heterocycles. The number of carbonyl (C=O) groups is 4. The topological polar surface area (TPSA) is 186 Å². The van der Waals surface area contributed by atoms with Crippen LogP contribution in [0.5, 0.6) is 11.6 Å². The molecule has 16 heteroatoms. The van der Waals surface area contributed by atoms with E-state index in [1.54, 1.807) is 6.92 Å². The molecule has 8 rings (SSSR count). The number of sulfonamides is 1. The summed E-state index contributed by atoms with van der Waals surface area (Å²) >= 11 is 0. The maximum atomic E-state index is 14.9. The monoisotopic (exact) mass is 862 g/mol. The third-order valence-electron chi connectivity index (χ3n) is 13.9. The predicted octanol–water partition coefficient (Wildman–Crippen LogP) is 4.76. The molecule has 61 heavy (non-hydrogen) atoms. The van der Waals surface area contributed by atoms with Crippen molar-refractivity contribution in [1.82, 2.24) is 30.1 Å². The number of rotatable bonds is 8. The minimum absolute atomic E-state index is 0.0108. The van der Waals surface area contributed by atoms with Gasteiger partial charge in [0.15, 0.2) is 0 Å². The number of ether oxygens (including phenoxy) is 3. The van der Waals surface area contributed by atoms with E-state index in [9.17, 15) is 27.6 Å². The van der Waals surface area contributed by atoms with Gasteiger partial charge in [0.25, 0.3) is 5.91 Å². The van der Waals surface area contributed by atoms with Gasteiger partial charge in [0.2, 0.25) is 27.7 Å². The Morgan fingerprint density at radius 3 is 2.48 bits per heavy atom. The second-order valence-corrected chi connectivity index (χ2v) is 21.9. The number of carbonyl (C=O) groups excluding carboxylic acids is 4. The lowest BCUT2D eigenvalue weighted by atomic mass is 9.85. The number of pyridine rings is 1. The minimum Gasteiger partial charge on any atom is -0.489 e. The first kappa shape index (κ1) is 43.2. The standard InChI is InChI=1S/C45H62N6O9S/c1-7-28-25-45(28,41(54)49-61(56,57)44(5)19-20-44)48-38(52)34-24-30-26-51(34)40(53)37(43(2,3)4)47-42(55)60-35-23-27(35)13-9-8-10-15-32-36(58-29-17-21-50(6)22-18-29)31-14-11-12-16-33(31)46-39(32)59-30/h7,11-12,14,16,27-30,34-35,37H,1,8-10,13,15,17-26H2,2-6H3,(H,47,55)(H,48,52)(H,49,54)/t27-,28?,30-,34+,35-,37-,45-/m1/s1. The Hall–Kier alpha value is -4.44. The lowest BCUT2D eigenvalue weighted by molar-refractivity contribution is -0.142. The highest BCUT2D eigenvalue weighted by Crippen LogP contribution is 2.47. The van der Waals surface area contributed by atoms with Crippen molar-refractivity contribution in [1.29, 1.82) is 0 Å². The van der Waals surface area contributed by atoms with E-state index in [0.29, 0.717) is 30.7 Å². The average molecular weight is 863 g/mol. The summed E-state index contributed by atoms with van der Waals surface area (Å²) in [5.41, 5.74) is -0.818. The Bertz CT molecular complexity index is 2180. The lowest BCUT2D eigenvalue weighted by Crippen LogP contribution is -2.60. The third kappa shape index (κ3) is 8.93. The Kier molecular flexibility index (Phi) is 11.6. The first-order chi connectivity index (χ1) is 28.9. The van der Waals surface area contributed by atoms with E-state index < -0.39 is 73.6 Å². The quantitative estimate of drug-likeness (QED) is 0.311. The summed E-state index contributed by atoms with van der Waals surface area (Å²) in [6.45, 7) is 12.7. The maximum absolute atomic E-state index is 14.9. The van der Waals surface area contributed by atoms with E-state index in [4.69, 9.17) is 19.2 Å². The van der Waals surface area contributed by atoms with Crippen molar-refractivity contribution in [3.8, 4) is 11.6 Å². The highest BCUT2D eigenvalue weighted by atomic mass is 32.2. The Morgan fingerprint density at radius 2 is 1.79 bits per heavy atom. The third-order valence-corrected chi connectivity index (χ3v) is 16.0. The molecular weight excluding hydrogens is 801 g/mol. The molecule has 1 aromatic heterocycles. The SMILES string of the molecule is C=CC1C[C@]1(NC(=O)[C@@H]1C[C@@H]2CN1C(=O)[C@H](C(C)(C)C)NC(=O)O[C@@H]1C[C@H]1CCCCCc1c(nc3ccccc3c1OC1CCN(C)CC1)O2)C(=O)NS(=O)(=O)C1(C)CC1. The number of piperidine rings is 1. The number of hydrogen-bond donors (Lipinski definition) is 3. The number of aromatic nitrogens is 1. The van der Waals surface area contributed by atoms with Gasteiger partial charge in [-0.05, 0) is 95.2 Å². The largest absolute Gasteiger partial charge is 0.489 e. The summed E-state index contributed by atoms with van der Waals surface area (Å²) in [6, 6.07) is 5.62. The van der Waals surface area contributed by atoms with E-state index in [0.717, 1.165) is 74.7 Å². The van der Waals surface area contributed by atoms with Gasteiger partial charge in [0, 0.05) is 30.8 Å². The Morgan fingerprint density at radius 1 is 1.05 bits per heavy atom. The zero-order valence-electron chi connectivity index (χ0n) is 36.2. The number of para-hydroxylation sites is 1. The second-order valence-electron chi connectivity index (χ2n) is 19.7. The molecule has 6 aliphatic rings. The van der Waals surface area contributed by atoms with Crippen LogP contribution in [0.1, 0.15) is 104 Å². The number of nitrogens with zero attached hydrogens (tertiary/aromatic N) is 3. The van der Waals surface area contributed by atoms with Crippen molar-refractivity contribution < 1.29 is 41.8 Å². The van der Waals surface area contributed by atoms with Gasteiger partial charge >= 0.3 is 6.09 Å². The van der Waals surface area contributed by atoms with E-state index in [1.165, 1.54) is 11.0 Å². The molecule has 4 heterocycles. The van der Waals surface area contributed by atoms with Crippen LogP contribution in [-0.2, 0) is 35.6 Å². The fourth-order valence-corrected chi connectivity index (χ4v) is 10.5. The molecule has 3 aliphatic carbocycles. The number of hydrogen-bond acceptors (Lipinski definition) is 11. The van der Waals surface area contributed by atoms with Crippen molar-refractivity contribution in [2.75, 3.05) is 26.7 Å². The van der Waals surface area contributed by atoms with Crippen molar-refractivity contribution in [3.05, 3.63) is 42.5 Å². The van der Waals surface area contributed by atoms with Gasteiger partial charge in [-0.2, -0.15) is 0 Å². The predicted molar refractivity (Wildman–Crippen MR) is 228 cm³/mol. The maximum Gasteiger partial charge on any atom is 0.408 e. The molecule has 5 fully saturated rings. The number of benzene rings is 1. The van der Waals surface area contributed by atoms with Crippen LogP contribution in [0.25, 0.3) is 10.9 Å². The van der Waals surface area contributed by atoms with Crippen LogP contribution in [0, 0.1) is 17.3 Å². The van der Waals surface area contributed by atoms with Crippen molar-refractivity contribution in [2.24, 2.45) is 17.3 Å². The van der Waals surface area contributed by atoms with Crippen molar-refractivity contribution in [2.45, 2.75) is 145 Å². The van der Waals surface area contributed by atoms with Crippen LogP contribution in [0.3, 0.4) is 0 Å². The zero-order valence-corrected chi connectivity index (χ0v) is 37.0. The normalized spacial score (nSPS) is 30.9. The zero-order chi connectivity index (χ0) is 43.5. The van der Waals surface area contributed by atoms with Crippen LogP contribution < -0.4 is 24.8 Å². The molecule has 0 spiro atoms. The fraction of sp³-hybridized carbons (Fsp3) is 0.667. The summed E-state index contributed by atoms with van der Waals surface area (Å²) in [5, 5.41) is 6.61. The molecule has 3 N–H and O–H groups in total. The molecule has 3 saturated carbocycles. The number of nitrogens with one attached hydrogen (secondary N) is 3. The van der Waals surface area contributed by atoms with E-state index in [1.807, 2.05) is 45.0 Å². The summed E-state index contributed by atoms with van der Waals surface area (Å²) in [7, 11) is -1.89. The minimum atomic E-state index is -4.01. The van der Waals surface area contributed by atoms with Crippen LogP contribution in [0.2, 0.25) is 0 Å². The van der Waals surface area contributed by atoms with Crippen LogP contribution in [-0.4, -0.2) is 114 Å². The summed E-state index contributed by atoms with van der Waals surface area (Å²) < 4.78 is 47.1. The Labute approximate surface area is 359 Å². The van der Waals surface area contributed by atoms with Gasteiger partial charge in [-0.3, -0.25) is 19.1 Å². The Balaban J connectivity index is 1.14.